The number of phenolic OH excluding ortho intramolecular Hbond substituents is 1. The number of para-hydroxylation sites is 1. The van der Waals surface area contributed by atoms with E-state index in [4.69, 9.17) is 10.2 Å². The van der Waals surface area contributed by atoms with Gasteiger partial charge in [-0.15, -0.1) is 0 Å². The molecule has 0 saturated carbocycles. The van der Waals surface area contributed by atoms with E-state index in [0.29, 0.717) is 4.90 Å². The topological polar surface area (TPSA) is 130 Å². The second-order valence-electron chi connectivity index (χ2n) is 4.97. The van der Waals surface area contributed by atoms with E-state index in [9.17, 15) is 33.0 Å². The van der Waals surface area contributed by atoms with Gasteiger partial charge in [0.25, 0.3) is 11.8 Å². The highest BCUT2D eigenvalue weighted by Crippen LogP contribution is 2.31. The molecule has 0 aliphatic carbocycles. The van der Waals surface area contributed by atoms with Crippen molar-refractivity contribution >= 4 is 17.5 Å². The smallest absolute Gasteiger partial charge is 0.405 e. The number of hydrogen-bond acceptors (Lipinski definition) is 6. The minimum atomic E-state index is -4.65. The first-order valence-electron chi connectivity index (χ1n) is 6.97. The number of alkyl halides is 3. The first-order chi connectivity index (χ1) is 11.6. The highest BCUT2D eigenvalue weighted by atomic mass is 19.4. The van der Waals surface area contributed by atoms with Gasteiger partial charge in [-0.25, -0.2) is 0 Å². The summed E-state index contributed by atoms with van der Waals surface area (Å²) >= 11 is 0. The number of hydrogen-bond donors (Lipinski definition) is 5. The third-order valence-electron chi connectivity index (χ3n) is 3.04. The standard InChI is InChI=1S/C14H17F3N2O6/c15-14(16,17)7-18-13(25)9-2-1-3-10(12(9)24)19(11(23)6-21)4-8(22)5-20/h1-3,8,20-22,24H,4-7H2,(H,18,25). The number of benzene rings is 1. The molecule has 0 saturated heterocycles. The van der Waals surface area contributed by atoms with Crippen LogP contribution in [0.3, 0.4) is 0 Å². The Morgan fingerprint density at radius 3 is 2.40 bits per heavy atom. The van der Waals surface area contributed by atoms with Gasteiger partial charge >= 0.3 is 6.18 Å². The van der Waals surface area contributed by atoms with Gasteiger partial charge < -0.3 is 30.6 Å². The molecule has 0 bridgehead atoms. The average molecular weight is 366 g/mol. The lowest BCUT2D eigenvalue weighted by molar-refractivity contribution is -0.123. The summed E-state index contributed by atoms with van der Waals surface area (Å²) in [5, 5.41) is 39.0. The second-order valence-corrected chi connectivity index (χ2v) is 4.97. The van der Waals surface area contributed by atoms with Crippen LogP contribution in [0.2, 0.25) is 0 Å². The summed E-state index contributed by atoms with van der Waals surface area (Å²) in [6.45, 7) is -3.85. The summed E-state index contributed by atoms with van der Waals surface area (Å²) < 4.78 is 36.5. The van der Waals surface area contributed by atoms with Crippen molar-refractivity contribution in [1.82, 2.24) is 5.32 Å². The number of halogens is 3. The monoisotopic (exact) mass is 366 g/mol. The summed E-state index contributed by atoms with van der Waals surface area (Å²) in [5.74, 6) is -3.00. The van der Waals surface area contributed by atoms with Crippen molar-refractivity contribution in [1.29, 1.82) is 0 Å². The lowest BCUT2D eigenvalue weighted by Crippen LogP contribution is -2.40. The van der Waals surface area contributed by atoms with E-state index in [-0.39, 0.29) is 5.69 Å². The van der Waals surface area contributed by atoms with Gasteiger partial charge in [-0.1, -0.05) is 6.07 Å². The molecule has 11 heteroatoms. The highest BCUT2D eigenvalue weighted by Gasteiger charge is 2.29. The fourth-order valence-electron chi connectivity index (χ4n) is 1.90. The van der Waals surface area contributed by atoms with Gasteiger partial charge in [-0.2, -0.15) is 13.2 Å². The van der Waals surface area contributed by atoms with E-state index in [2.05, 4.69) is 0 Å². The van der Waals surface area contributed by atoms with E-state index in [1.165, 1.54) is 6.07 Å². The Morgan fingerprint density at radius 1 is 1.24 bits per heavy atom. The minimum Gasteiger partial charge on any atom is -0.505 e. The van der Waals surface area contributed by atoms with Gasteiger partial charge in [0, 0.05) is 0 Å². The van der Waals surface area contributed by atoms with Crippen LogP contribution in [-0.4, -0.2) is 70.8 Å². The zero-order chi connectivity index (χ0) is 19.2. The largest absolute Gasteiger partial charge is 0.505 e. The van der Waals surface area contributed by atoms with Crippen molar-refractivity contribution in [2.45, 2.75) is 12.3 Å². The van der Waals surface area contributed by atoms with E-state index >= 15 is 0 Å². The molecule has 0 aliphatic rings. The molecule has 0 spiro atoms. The summed E-state index contributed by atoms with van der Waals surface area (Å²) in [5.41, 5.74) is -0.845. The van der Waals surface area contributed by atoms with Crippen molar-refractivity contribution in [3.8, 4) is 5.75 Å². The normalized spacial score (nSPS) is 12.6. The van der Waals surface area contributed by atoms with Gasteiger partial charge in [0.1, 0.15) is 13.2 Å². The fourth-order valence-corrected chi connectivity index (χ4v) is 1.90. The number of aromatic hydroxyl groups is 1. The predicted octanol–water partition coefficient (Wildman–Crippen LogP) is -0.637. The van der Waals surface area contributed by atoms with Crippen LogP contribution in [0.4, 0.5) is 18.9 Å². The summed E-state index contributed by atoms with van der Waals surface area (Å²) in [7, 11) is 0. The Kier molecular flexibility index (Phi) is 7.15. The van der Waals surface area contributed by atoms with Crippen molar-refractivity contribution < 1.29 is 43.2 Å². The molecule has 8 nitrogen and oxygen atoms in total. The molecule has 1 aromatic carbocycles. The number of phenols is 1. The first-order valence-corrected chi connectivity index (χ1v) is 6.97. The van der Waals surface area contributed by atoms with Crippen LogP contribution in [0.5, 0.6) is 5.75 Å². The first kappa shape index (κ1) is 20.7. The second kappa shape index (κ2) is 8.65. The maximum atomic E-state index is 12.2. The van der Waals surface area contributed by atoms with Crippen molar-refractivity contribution in [3.05, 3.63) is 23.8 Å². The third-order valence-corrected chi connectivity index (χ3v) is 3.04. The molecule has 5 N–H and O–H groups in total. The van der Waals surface area contributed by atoms with E-state index in [0.717, 1.165) is 12.1 Å². The van der Waals surface area contributed by atoms with Crippen LogP contribution in [0.15, 0.2) is 18.2 Å². The molecule has 1 aromatic rings. The molecule has 2 amide bonds. The number of nitrogens with zero attached hydrogens (tertiary/aromatic N) is 1. The fraction of sp³-hybridized carbons (Fsp3) is 0.429. The van der Waals surface area contributed by atoms with Crippen LogP contribution < -0.4 is 10.2 Å². The summed E-state index contributed by atoms with van der Waals surface area (Å²) in [6, 6.07) is 3.39. The SMILES string of the molecule is O=C(NCC(F)(F)F)c1cccc(N(CC(O)CO)C(=O)CO)c1O. The molecule has 0 aromatic heterocycles. The number of carbonyl (C=O) groups excluding carboxylic acids is 2. The Morgan fingerprint density at radius 2 is 1.88 bits per heavy atom. The maximum Gasteiger partial charge on any atom is 0.405 e. The van der Waals surface area contributed by atoms with Crippen molar-refractivity contribution in [3.63, 3.8) is 0 Å². The Hall–Kier alpha value is -2.37. The number of aliphatic hydroxyl groups excluding tert-OH is 3. The zero-order valence-corrected chi connectivity index (χ0v) is 12.8. The van der Waals surface area contributed by atoms with Gasteiger partial charge in [0.2, 0.25) is 0 Å². The summed E-state index contributed by atoms with van der Waals surface area (Å²) in [4.78, 5) is 24.3. The van der Waals surface area contributed by atoms with Crippen LogP contribution in [0.1, 0.15) is 10.4 Å². The highest BCUT2D eigenvalue weighted by molar-refractivity contribution is 6.02. The minimum absolute atomic E-state index is 0.314. The molecule has 1 unspecified atom stereocenters. The molecular weight excluding hydrogens is 349 g/mol. The average Bonchev–Trinajstić information content (AvgIpc) is 2.56. The van der Waals surface area contributed by atoms with Crippen molar-refractivity contribution in [2.24, 2.45) is 0 Å². The lowest BCUT2D eigenvalue weighted by atomic mass is 10.1. The van der Waals surface area contributed by atoms with Crippen LogP contribution in [0.25, 0.3) is 0 Å². The van der Waals surface area contributed by atoms with Crippen LogP contribution >= 0.6 is 0 Å². The van der Waals surface area contributed by atoms with Gasteiger partial charge in [-0.3, -0.25) is 9.59 Å². The molecule has 0 radical (unpaired) electrons. The maximum absolute atomic E-state index is 12.2. The quantitative estimate of drug-likeness (QED) is 0.437. The molecule has 140 valence electrons. The van der Waals surface area contributed by atoms with E-state index in [1.807, 2.05) is 0 Å². The predicted molar refractivity (Wildman–Crippen MR) is 79.0 cm³/mol. The zero-order valence-electron chi connectivity index (χ0n) is 12.8. The van der Waals surface area contributed by atoms with E-state index in [1.54, 1.807) is 5.32 Å². The molecule has 0 fully saturated rings. The molecule has 25 heavy (non-hydrogen) atoms. The Bertz CT molecular complexity index is 623. The number of anilines is 1. The van der Waals surface area contributed by atoms with Crippen LogP contribution in [-0.2, 0) is 4.79 Å². The lowest BCUT2D eigenvalue weighted by Gasteiger charge is -2.25. The number of rotatable bonds is 7. The molecule has 0 aliphatic heterocycles. The molecule has 1 atom stereocenters. The number of amides is 2. The van der Waals surface area contributed by atoms with Crippen LogP contribution in [0, 0.1) is 0 Å². The molecule has 0 heterocycles. The Labute approximate surface area is 140 Å². The third kappa shape index (κ3) is 5.89. The summed E-state index contributed by atoms with van der Waals surface area (Å²) in [6.07, 6.45) is -6.05. The van der Waals surface area contributed by atoms with Gasteiger partial charge in [0.15, 0.2) is 5.75 Å². The number of carbonyl (C=O) groups is 2. The van der Waals surface area contributed by atoms with E-state index < -0.39 is 61.7 Å². The van der Waals surface area contributed by atoms with Gasteiger partial charge in [-0.05, 0) is 12.1 Å². The molecule has 1 rings (SSSR count). The van der Waals surface area contributed by atoms with Gasteiger partial charge in [0.05, 0.1) is 30.5 Å². The van der Waals surface area contributed by atoms with Crippen molar-refractivity contribution in [2.75, 3.05) is 31.2 Å². The number of aliphatic hydroxyl groups is 3. The number of nitrogens with one attached hydrogen (secondary N) is 1. The molecular formula is C14H17F3N2O6. The Balaban J connectivity index is 3.14.